The van der Waals surface area contributed by atoms with Gasteiger partial charge in [-0.3, -0.25) is 19.3 Å². The van der Waals surface area contributed by atoms with Crippen LogP contribution in [0.25, 0.3) is 0 Å². The maximum atomic E-state index is 12.9. The number of nitrogens with zero attached hydrogens (tertiary/aromatic N) is 2. The van der Waals surface area contributed by atoms with E-state index in [1.54, 1.807) is 12.1 Å². The SMILES string of the molecule is O=c1[nH]c(=O)n(Cc2ccco2)c(O)c1C=Nc1ccc(F)cc1. The number of furan rings is 1. The van der Waals surface area contributed by atoms with Gasteiger partial charge >= 0.3 is 5.69 Å². The second-order valence-electron chi connectivity index (χ2n) is 4.90. The summed E-state index contributed by atoms with van der Waals surface area (Å²) in [6.07, 6.45) is 2.54. The van der Waals surface area contributed by atoms with Crippen LogP contribution < -0.4 is 11.2 Å². The summed E-state index contributed by atoms with van der Waals surface area (Å²) in [5, 5.41) is 10.2. The van der Waals surface area contributed by atoms with Crippen molar-refractivity contribution in [2.45, 2.75) is 6.54 Å². The molecule has 8 heteroatoms. The van der Waals surface area contributed by atoms with Crippen molar-refractivity contribution in [3.05, 3.63) is 80.6 Å². The fraction of sp³-hybridized carbons (Fsp3) is 0.0625. The Morgan fingerprint density at radius 1 is 1.25 bits per heavy atom. The van der Waals surface area contributed by atoms with Crippen LogP contribution in [0.15, 0.2) is 61.7 Å². The molecule has 0 aliphatic heterocycles. The average molecular weight is 329 g/mol. The average Bonchev–Trinajstić information content (AvgIpc) is 3.06. The molecule has 2 N–H and O–H groups in total. The van der Waals surface area contributed by atoms with Gasteiger partial charge in [0, 0.05) is 6.21 Å². The highest BCUT2D eigenvalue weighted by Crippen LogP contribution is 2.15. The van der Waals surface area contributed by atoms with Crippen LogP contribution in [-0.2, 0) is 6.54 Å². The second-order valence-corrected chi connectivity index (χ2v) is 4.90. The van der Waals surface area contributed by atoms with Gasteiger partial charge in [0.15, 0.2) is 0 Å². The summed E-state index contributed by atoms with van der Waals surface area (Å²) in [5.74, 6) is -0.520. The van der Waals surface area contributed by atoms with Crippen molar-refractivity contribution in [1.29, 1.82) is 0 Å². The highest BCUT2D eigenvalue weighted by Gasteiger charge is 2.13. The predicted molar refractivity (Wildman–Crippen MR) is 84.5 cm³/mol. The summed E-state index contributed by atoms with van der Waals surface area (Å²) in [4.78, 5) is 29.9. The Hall–Kier alpha value is -3.42. The predicted octanol–water partition coefficient (Wildman–Crippen LogP) is 1.77. The van der Waals surface area contributed by atoms with Gasteiger partial charge in [0.1, 0.15) is 17.1 Å². The van der Waals surface area contributed by atoms with Gasteiger partial charge in [-0.15, -0.1) is 0 Å². The van der Waals surface area contributed by atoms with Gasteiger partial charge < -0.3 is 9.52 Å². The van der Waals surface area contributed by atoms with Gasteiger partial charge in [-0.1, -0.05) is 0 Å². The van der Waals surface area contributed by atoms with E-state index in [2.05, 4.69) is 9.98 Å². The lowest BCUT2D eigenvalue weighted by atomic mass is 10.3. The van der Waals surface area contributed by atoms with Crippen LogP contribution in [0.3, 0.4) is 0 Å². The van der Waals surface area contributed by atoms with Gasteiger partial charge in [0.2, 0.25) is 5.88 Å². The van der Waals surface area contributed by atoms with E-state index in [-0.39, 0.29) is 12.1 Å². The molecule has 0 fully saturated rings. The first-order chi connectivity index (χ1) is 11.5. The van der Waals surface area contributed by atoms with Gasteiger partial charge in [-0.05, 0) is 36.4 Å². The van der Waals surface area contributed by atoms with Gasteiger partial charge in [0.05, 0.1) is 18.5 Å². The van der Waals surface area contributed by atoms with Crippen LogP contribution in [0.2, 0.25) is 0 Å². The molecule has 0 aliphatic rings. The van der Waals surface area contributed by atoms with Crippen LogP contribution in [0, 0.1) is 5.82 Å². The summed E-state index contributed by atoms with van der Waals surface area (Å²) in [6.45, 7) is -0.0498. The molecule has 3 rings (SSSR count). The van der Waals surface area contributed by atoms with E-state index in [1.807, 2.05) is 0 Å². The van der Waals surface area contributed by atoms with E-state index in [0.717, 1.165) is 10.8 Å². The molecule has 0 saturated carbocycles. The third-order valence-electron chi connectivity index (χ3n) is 3.27. The Kier molecular flexibility index (Phi) is 4.11. The molecule has 0 unspecified atom stereocenters. The highest BCUT2D eigenvalue weighted by molar-refractivity contribution is 5.84. The molecule has 2 heterocycles. The minimum atomic E-state index is -0.779. The topological polar surface area (TPSA) is 101 Å². The van der Waals surface area contributed by atoms with Crippen molar-refractivity contribution in [3.8, 4) is 5.88 Å². The summed E-state index contributed by atoms with van der Waals surface area (Å²) in [5.41, 5.74) is -1.35. The van der Waals surface area contributed by atoms with Crippen LogP contribution in [0.4, 0.5) is 10.1 Å². The minimum Gasteiger partial charge on any atom is -0.494 e. The normalized spacial score (nSPS) is 11.2. The maximum absolute atomic E-state index is 12.9. The number of aromatic amines is 1. The summed E-state index contributed by atoms with van der Waals surface area (Å²) >= 11 is 0. The molecule has 0 aliphatic carbocycles. The number of aliphatic imine (C=N–C) groups is 1. The Bertz CT molecular complexity index is 986. The van der Waals surface area contributed by atoms with Crippen LogP contribution in [0.5, 0.6) is 5.88 Å². The Labute approximate surface area is 134 Å². The molecule has 0 bridgehead atoms. The third kappa shape index (κ3) is 3.17. The Morgan fingerprint density at radius 2 is 2.00 bits per heavy atom. The van der Waals surface area contributed by atoms with Crippen molar-refractivity contribution in [2.75, 3.05) is 0 Å². The second kappa shape index (κ2) is 6.37. The third-order valence-corrected chi connectivity index (χ3v) is 3.27. The molecule has 0 radical (unpaired) electrons. The summed E-state index contributed by atoms with van der Waals surface area (Å²) in [6, 6.07) is 8.53. The lowest BCUT2D eigenvalue weighted by Crippen LogP contribution is -2.32. The fourth-order valence-electron chi connectivity index (χ4n) is 2.06. The smallest absolute Gasteiger partial charge is 0.331 e. The van der Waals surface area contributed by atoms with Crippen molar-refractivity contribution in [2.24, 2.45) is 4.99 Å². The van der Waals surface area contributed by atoms with E-state index < -0.39 is 22.9 Å². The largest absolute Gasteiger partial charge is 0.494 e. The fourth-order valence-corrected chi connectivity index (χ4v) is 2.06. The molecule has 122 valence electrons. The quantitative estimate of drug-likeness (QED) is 0.712. The number of rotatable bonds is 4. The molecule has 0 saturated heterocycles. The summed E-state index contributed by atoms with van der Waals surface area (Å²) in [7, 11) is 0. The van der Waals surface area contributed by atoms with Crippen LogP contribution >= 0.6 is 0 Å². The number of nitrogens with one attached hydrogen (secondary N) is 1. The zero-order chi connectivity index (χ0) is 17.1. The molecule has 3 aromatic rings. The molecule has 24 heavy (non-hydrogen) atoms. The number of hydrogen-bond acceptors (Lipinski definition) is 5. The zero-order valence-corrected chi connectivity index (χ0v) is 12.3. The number of aromatic hydroxyl groups is 1. The first-order valence-electron chi connectivity index (χ1n) is 6.92. The zero-order valence-electron chi connectivity index (χ0n) is 12.3. The van der Waals surface area contributed by atoms with Gasteiger partial charge in [-0.25, -0.2) is 9.18 Å². The highest BCUT2D eigenvalue weighted by atomic mass is 19.1. The molecule has 0 atom stereocenters. The lowest BCUT2D eigenvalue weighted by molar-refractivity contribution is 0.392. The number of H-pyrrole nitrogens is 1. The van der Waals surface area contributed by atoms with Gasteiger partial charge in [-0.2, -0.15) is 0 Å². The van der Waals surface area contributed by atoms with E-state index >= 15 is 0 Å². The number of aromatic nitrogens is 2. The standard InChI is InChI=1S/C16H12FN3O4/c17-10-3-5-11(6-4-10)18-8-13-14(21)19-16(23)20(15(13)22)9-12-2-1-7-24-12/h1-8,22H,9H2,(H,19,21,23). The van der Waals surface area contributed by atoms with Crippen molar-refractivity contribution in [3.63, 3.8) is 0 Å². The molecule has 1 aromatic carbocycles. The van der Waals surface area contributed by atoms with Crippen molar-refractivity contribution in [1.82, 2.24) is 9.55 Å². The van der Waals surface area contributed by atoms with Crippen LogP contribution in [0.1, 0.15) is 11.3 Å². The number of benzene rings is 1. The number of halogens is 1. The molecule has 0 spiro atoms. The Morgan fingerprint density at radius 3 is 2.67 bits per heavy atom. The maximum Gasteiger partial charge on any atom is 0.331 e. The molecule has 7 nitrogen and oxygen atoms in total. The lowest BCUT2D eigenvalue weighted by Gasteiger charge is -2.07. The minimum absolute atomic E-state index is 0.0498. The van der Waals surface area contributed by atoms with Crippen molar-refractivity contribution >= 4 is 11.9 Å². The first-order valence-corrected chi connectivity index (χ1v) is 6.92. The van der Waals surface area contributed by atoms with E-state index in [4.69, 9.17) is 4.42 Å². The number of hydrogen-bond donors (Lipinski definition) is 2. The molecular formula is C16H12FN3O4. The van der Waals surface area contributed by atoms with Crippen LogP contribution in [-0.4, -0.2) is 20.9 Å². The molecule has 0 amide bonds. The summed E-state index contributed by atoms with van der Waals surface area (Å²) < 4.78 is 18.9. The first kappa shape index (κ1) is 15.5. The van der Waals surface area contributed by atoms with E-state index in [1.165, 1.54) is 30.5 Å². The Balaban J connectivity index is 2.00. The monoisotopic (exact) mass is 329 g/mol. The van der Waals surface area contributed by atoms with Crippen molar-refractivity contribution < 1.29 is 13.9 Å². The van der Waals surface area contributed by atoms with Gasteiger partial charge in [0.25, 0.3) is 5.56 Å². The molecular weight excluding hydrogens is 317 g/mol. The molecule has 2 aromatic heterocycles. The van der Waals surface area contributed by atoms with E-state index in [9.17, 15) is 19.1 Å². The van der Waals surface area contributed by atoms with E-state index in [0.29, 0.717) is 11.4 Å².